The molecule has 2 N–H and O–H groups in total. The van der Waals surface area contributed by atoms with Crippen molar-refractivity contribution in [1.82, 2.24) is 20.2 Å². The van der Waals surface area contributed by atoms with E-state index in [2.05, 4.69) is 15.3 Å². The summed E-state index contributed by atoms with van der Waals surface area (Å²) < 4.78 is 0. The fourth-order valence-corrected chi connectivity index (χ4v) is 3.83. The van der Waals surface area contributed by atoms with E-state index >= 15 is 0 Å². The monoisotopic (exact) mass is 412 g/mol. The third-order valence-electron chi connectivity index (χ3n) is 5.29. The van der Waals surface area contributed by atoms with Gasteiger partial charge in [0.1, 0.15) is 5.69 Å². The molecular weight excluding hydrogens is 388 g/mol. The molecule has 0 aliphatic carbocycles. The van der Waals surface area contributed by atoms with Crippen LogP contribution in [0.2, 0.25) is 0 Å². The Morgan fingerprint density at radius 3 is 2.76 bits per heavy atom. The van der Waals surface area contributed by atoms with Gasteiger partial charge < -0.3 is 15.2 Å². The summed E-state index contributed by atoms with van der Waals surface area (Å²) >= 11 is 0. The Kier molecular flexibility index (Phi) is 7.01. The highest BCUT2D eigenvalue weighted by molar-refractivity contribution is 5.96. The molecule has 3 aromatic rings. The van der Waals surface area contributed by atoms with Crippen LogP contribution in [0.3, 0.4) is 0 Å². The number of amides is 1. The molecule has 4 rings (SSSR count). The summed E-state index contributed by atoms with van der Waals surface area (Å²) in [4.78, 5) is 35.0. The van der Waals surface area contributed by atoms with Gasteiger partial charge in [-0.05, 0) is 62.0 Å². The van der Waals surface area contributed by atoms with Gasteiger partial charge in [-0.15, -0.1) is 12.4 Å². The molecule has 1 aliphatic rings. The van der Waals surface area contributed by atoms with Crippen LogP contribution in [0.4, 0.5) is 0 Å². The number of aromatic amines is 1. The highest BCUT2D eigenvalue weighted by atomic mass is 35.5. The molecule has 1 aromatic carbocycles. The van der Waals surface area contributed by atoms with Gasteiger partial charge in [0, 0.05) is 17.6 Å². The quantitative estimate of drug-likeness (QED) is 0.690. The fourth-order valence-electron chi connectivity index (χ4n) is 3.83. The summed E-state index contributed by atoms with van der Waals surface area (Å²) in [6.45, 7) is 2.28. The Bertz CT molecular complexity index is 1010. The number of nitrogens with zero attached hydrogens (tertiary/aromatic N) is 2. The lowest BCUT2D eigenvalue weighted by Crippen LogP contribution is -2.41. The van der Waals surface area contributed by atoms with E-state index in [-0.39, 0.29) is 29.9 Å². The first kappa shape index (κ1) is 21.0. The van der Waals surface area contributed by atoms with Crippen molar-refractivity contribution < 1.29 is 4.79 Å². The molecule has 0 radical (unpaired) electrons. The number of carbonyl (C=O) groups excluding carboxylic acids is 1. The third kappa shape index (κ3) is 4.83. The lowest BCUT2D eigenvalue weighted by atomic mass is 10.1. The Hall–Kier alpha value is -2.70. The van der Waals surface area contributed by atoms with E-state index in [0.717, 1.165) is 43.4 Å². The predicted molar refractivity (Wildman–Crippen MR) is 116 cm³/mol. The van der Waals surface area contributed by atoms with E-state index in [1.807, 2.05) is 41.3 Å². The maximum Gasteiger partial charge on any atom is 0.270 e. The molecule has 7 heteroatoms. The van der Waals surface area contributed by atoms with Gasteiger partial charge in [0.2, 0.25) is 0 Å². The zero-order valence-electron chi connectivity index (χ0n) is 16.1. The van der Waals surface area contributed by atoms with Crippen molar-refractivity contribution in [2.75, 3.05) is 13.1 Å². The van der Waals surface area contributed by atoms with E-state index in [9.17, 15) is 9.59 Å². The maximum absolute atomic E-state index is 13.5. The van der Waals surface area contributed by atoms with Gasteiger partial charge in [0.15, 0.2) is 0 Å². The fraction of sp³-hybridized carbons (Fsp3) is 0.318. The van der Waals surface area contributed by atoms with E-state index in [1.54, 1.807) is 18.3 Å². The lowest BCUT2D eigenvalue weighted by molar-refractivity contribution is 0.0636. The van der Waals surface area contributed by atoms with Crippen LogP contribution in [-0.4, -0.2) is 39.9 Å². The first-order valence-electron chi connectivity index (χ1n) is 9.76. The van der Waals surface area contributed by atoms with Gasteiger partial charge in [0.05, 0.1) is 12.2 Å². The number of halogens is 1. The summed E-state index contributed by atoms with van der Waals surface area (Å²) in [5.74, 6) is -0.152. The lowest BCUT2D eigenvalue weighted by Gasteiger charge is -2.31. The van der Waals surface area contributed by atoms with Gasteiger partial charge in [-0.1, -0.05) is 24.3 Å². The van der Waals surface area contributed by atoms with Crippen molar-refractivity contribution in [3.8, 4) is 0 Å². The largest absolute Gasteiger partial charge is 0.328 e. The number of carbonyl (C=O) groups is 1. The van der Waals surface area contributed by atoms with E-state index in [1.165, 1.54) is 0 Å². The molecule has 6 nitrogen and oxygen atoms in total. The third-order valence-corrected chi connectivity index (χ3v) is 5.29. The molecule has 2 aromatic heterocycles. The predicted octanol–water partition coefficient (Wildman–Crippen LogP) is 3.13. The Morgan fingerprint density at radius 2 is 1.93 bits per heavy atom. The average molecular weight is 413 g/mol. The maximum atomic E-state index is 13.5. The highest BCUT2D eigenvalue weighted by Gasteiger charge is 2.27. The second kappa shape index (κ2) is 9.67. The summed E-state index contributed by atoms with van der Waals surface area (Å²) in [6.07, 6.45) is 4.58. The molecule has 1 unspecified atom stereocenters. The summed E-state index contributed by atoms with van der Waals surface area (Å²) in [7, 11) is 0. The van der Waals surface area contributed by atoms with E-state index in [0.29, 0.717) is 17.6 Å². The van der Waals surface area contributed by atoms with Crippen molar-refractivity contribution >= 4 is 29.1 Å². The number of benzene rings is 1. The van der Waals surface area contributed by atoms with Crippen LogP contribution in [0.15, 0.2) is 59.5 Å². The van der Waals surface area contributed by atoms with Crippen LogP contribution in [0.5, 0.6) is 0 Å². The van der Waals surface area contributed by atoms with Crippen LogP contribution in [0, 0.1) is 0 Å². The normalized spacial score (nSPS) is 16.6. The second-order valence-corrected chi connectivity index (χ2v) is 7.19. The molecule has 1 aliphatic heterocycles. The number of nitrogens with one attached hydrogen (secondary N) is 2. The van der Waals surface area contributed by atoms with Crippen LogP contribution in [-0.2, 0) is 6.54 Å². The molecule has 0 spiro atoms. The van der Waals surface area contributed by atoms with Crippen LogP contribution < -0.4 is 10.9 Å². The van der Waals surface area contributed by atoms with Gasteiger partial charge in [-0.3, -0.25) is 14.6 Å². The number of hydrogen-bond donors (Lipinski definition) is 2. The topological polar surface area (TPSA) is 78.1 Å². The van der Waals surface area contributed by atoms with Crippen molar-refractivity contribution in [2.45, 2.75) is 31.8 Å². The summed E-state index contributed by atoms with van der Waals surface area (Å²) in [6, 6.07) is 14.9. The van der Waals surface area contributed by atoms with E-state index < -0.39 is 0 Å². The molecule has 0 bridgehead atoms. The zero-order valence-corrected chi connectivity index (χ0v) is 17.0. The molecule has 29 heavy (non-hydrogen) atoms. The molecule has 0 saturated carbocycles. The average Bonchev–Trinajstić information content (AvgIpc) is 3.02. The first-order chi connectivity index (χ1) is 13.7. The number of rotatable bonds is 4. The standard InChI is InChI=1S/C22H24N4O2.ClH/c27-21-19-9-2-1-6-16(19)14-20(25-21)22(28)26(15-17-7-3-4-12-24-17)18-8-5-11-23-13-10-18;/h1-4,6-7,9,12,14,18,23H,5,8,10-11,13,15H2,(H,25,27);1H. The number of aromatic nitrogens is 2. The zero-order chi connectivity index (χ0) is 19.3. The van der Waals surface area contributed by atoms with Crippen molar-refractivity contribution in [2.24, 2.45) is 0 Å². The molecule has 1 fully saturated rings. The van der Waals surface area contributed by atoms with Crippen LogP contribution >= 0.6 is 12.4 Å². The number of fused-ring (bicyclic) bond motifs is 1. The summed E-state index contributed by atoms with van der Waals surface area (Å²) in [5, 5.41) is 4.76. The Labute approximate surface area is 175 Å². The number of pyridine rings is 2. The first-order valence-corrected chi connectivity index (χ1v) is 9.76. The SMILES string of the molecule is Cl.O=C(c1cc2ccccc2c(=O)[nH]1)N(Cc1ccccn1)C1CCCNCC1. The Morgan fingerprint density at radius 1 is 1.10 bits per heavy atom. The van der Waals surface area contributed by atoms with Crippen molar-refractivity contribution in [3.63, 3.8) is 0 Å². The van der Waals surface area contributed by atoms with Crippen LogP contribution in [0.1, 0.15) is 35.4 Å². The second-order valence-electron chi connectivity index (χ2n) is 7.19. The van der Waals surface area contributed by atoms with Gasteiger partial charge in [-0.2, -0.15) is 0 Å². The Balaban J connectivity index is 0.00000240. The van der Waals surface area contributed by atoms with Gasteiger partial charge in [-0.25, -0.2) is 0 Å². The number of hydrogen-bond acceptors (Lipinski definition) is 4. The highest BCUT2D eigenvalue weighted by Crippen LogP contribution is 2.20. The minimum Gasteiger partial charge on any atom is -0.328 e. The molecule has 3 heterocycles. The molecule has 1 saturated heterocycles. The smallest absolute Gasteiger partial charge is 0.270 e. The summed E-state index contributed by atoms with van der Waals surface area (Å²) in [5.41, 5.74) is 0.940. The van der Waals surface area contributed by atoms with Crippen LogP contribution in [0.25, 0.3) is 10.8 Å². The molecule has 1 amide bonds. The number of H-pyrrole nitrogens is 1. The van der Waals surface area contributed by atoms with Gasteiger partial charge in [0.25, 0.3) is 11.5 Å². The molecule has 152 valence electrons. The van der Waals surface area contributed by atoms with Crippen molar-refractivity contribution in [1.29, 1.82) is 0 Å². The van der Waals surface area contributed by atoms with E-state index in [4.69, 9.17) is 0 Å². The minimum atomic E-state index is -0.234. The van der Waals surface area contributed by atoms with Gasteiger partial charge >= 0.3 is 0 Å². The molecular formula is C22H25ClN4O2. The minimum absolute atomic E-state index is 0. The molecule has 1 atom stereocenters. The van der Waals surface area contributed by atoms with Crippen molar-refractivity contribution in [3.05, 3.63) is 76.5 Å².